The molecular weight excluding hydrogens is 280 g/mol. The van der Waals surface area contributed by atoms with Gasteiger partial charge < -0.3 is 13.7 Å². The summed E-state index contributed by atoms with van der Waals surface area (Å²) in [5.74, 6) is -0.219. The van der Waals surface area contributed by atoms with Crippen LogP contribution in [0.3, 0.4) is 0 Å². The number of fused-ring (bicyclic) bond motifs is 3. The molecule has 1 aromatic carbocycles. The molecule has 0 bridgehead atoms. The van der Waals surface area contributed by atoms with Gasteiger partial charge in [-0.05, 0) is 37.6 Å². The van der Waals surface area contributed by atoms with Gasteiger partial charge in [-0.3, -0.25) is 9.59 Å². The van der Waals surface area contributed by atoms with E-state index in [1.807, 2.05) is 47.0 Å². The molecule has 0 saturated heterocycles. The van der Waals surface area contributed by atoms with Gasteiger partial charge in [0.1, 0.15) is 5.52 Å². The Labute approximate surface area is 127 Å². The maximum absolute atomic E-state index is 12.6. The van der Waals surface area contributed by atoms with E-state index in [9.17, 15) is 9.59 Å². The van der Waals surface area contributed by atoms with Crippen molar-refractivity contribution >= 4 is 22.5 Å². The average Bonchev–Trinajstić information content (AvgIpc) is 3.01. The van der Waals surface area contributed by atoms with Gasteiger partial charge in [-0.25, -0.2) is 0 Å². The summed E-state index contributed by atoms with van der Waals surface area (Å²) in [5.41, 5.74) is 2.47. The maximum Gasteiger partial charge on any atom is 0.305 e. The van der Waals surface area contributed by atoms with Crippen molar-refractivity contribution in [1.29, 1.82) is 0 Å². The summed E-state index contributed by atoms with van der Waals surface area (Å²) in [6.45, 7) is 2.67. The molecular formula is C17H18N2O3. The standard InChI is InChI=1S/C17H18N2O3/c1-2-22-16(20)10-6-12-19-14-8-4-3-7-13(14)18-11-5-9-15(18)17(19)21/h3-5,7-9,11H,2,6,10,12H2,1H3. The molecule has 0 radical (unpaired) electrons. The first kappa shape index (κ1) is 14.4. The van der Waals surface area contributed by atoms with Crippen LogP contribution in [0.5, 0.6) is 0 Å². The molecule has 3 rings (SSSR count). The number of carbonyl (C=O) groups is 1. The van der Waals surface area contributed by atoms with Crippen molar-refractivity contribution in [2.75, 3.05) is 6.61 Å². The second kappa shape index (κ2) is 6.05. The summed E-state index contributed by atoms with van der Waals surface area (Å²) < 4.78 is 8.57. The minimum absolute atomic E-state index is 0.0347. The summed E-state index contributed by atoms with van der Waals surface area (Å²) in [5, 5.41) is 0. The predicted octanol–water partition coefficient (Wildman–Crippen LogP) is 2.60. The van der Waals surface area contributed by atoms with Crippen molar-refractivity contribution in [2.24, 2.45) is 0 Å². The van der Waals surface area contributed by atoms with E-state index in [0.717, 1.165) is 11.0 Å². The topological polar surface area (TPSA) is 52.7 Å². The first-order valence-electron chi connectivity index (χ1n) is 7.46. The van der Waals surface area contributed by atoms with E-state index in [-0.39, 0.29) is 11.5 Å². The second-order valence-corrected chi connectivity index (χ2v) is 5.12. The number of nitrogens with zero attached hydrogens (tertiary/aromatic N) is 2. The third-order valence-electron chi connectivity index (χ3n) is 3.71. The van der Waals surface area contributed by atoms with Crippen LogP contribution in [0.25, 0.3) is 16.6 Å². The number of ether oxygens (including phenoxy) is 1. The van der Waals surface area contributed by atoms with Crippen LogP contribution in [-0.2, 0) is 16.1 Å². The Morgan fingerprint density at radius 1 is 1.09 bits per heavy atom. The number of esters is 1. The Kier molecular flexibility index (Phi) is 3.96. The number of hydrogen-bond donors (Lipinski definition) is 0. The van der Waals surface area contributed by atoms with E-state index in [1.54, 1.807) is 11.5 Å². The maximum atomic E-state index is 12.6. The van der Waals surface area contributed by atoms with Crippen LogP contribution in [0.2, 0.25) is 0 Å². The van der Waals surface area contributed by atoms with E-state index in [0.29, 0.717) is 31.5 Å². The summed E-state index contributed by atoms with van der Waals surface area (Å²) in [7, 11) is 0. The molecule has 0 aliphatic carbocycles. The highest BCUT2D eigenvalue weighted by Crippen LogP contribution is 2.15. The molecule has 0 spiro atoms. The second-order valence-electron chi connectivity index (χ2n) is 5.12. The molecule has 0 atom stereocenters. The molecule has 0 saturated carbocycles. The fourth-order valence-corrected chi connectivity index (χ4v) is 2.75. The van der Waals surface area contributed by atoms with Crippen LogP contribution in [0.1, 0.15) is 19.8 Å². The van der Waals surface area contributed by atoms with E-state index in [1.165, 1.54) is 0 Å². The Hall–Kier alpha value is -2.56. The van der Waals surface area contributed by atoms with Crippen molar-refractivity contribution in [3.63, 3.8) is 0 Å². The summed E-state index contributed by atoms with van der Waals surface area (Å²) in [6.07, 6.45) is 2.79. The third kappa shape index (κ3) is 2.50. The normalized spacial score (nSPS) is 11.1. The lowest BCUT2D eigenvalue weighted by Crippen LogP contribution is -2.23. The lowest BCUT2D eigenvalue weighted by atomic mass is 10.2. The fourth-order valence-electron chi connectivity index (χ4n) is 2.75. The Bertz CT molecular complexity index is 876. The number of hydrogen-bond acceptors (Lipinski definition) is 3. The number of para-hydroxylation sites is 2. The van der Waals surface area contributed by atoms with Crippen molar-refractivity contribution in [3.05, 3.63) is 52.9 Å². The molecule has 0 amide bonds. The largest absolute Gasteiger partial charge is 0.466 e. The van der Waals surface area contributed by atoms with Crippen LogP contribution >= 0.6 is 0 Å². The Morgan fingerprint density at radius 3 is 2.59 bits per heavy atom. The van der Waals surface area contributed by atoms with Crippen LogP contribution in [-0.4, -0.2) is 21.5 Å². The van der Waals surface area contributed by atoms with Gasteiger partial charge in [-0.2, -0.15) is 0 Å². The van der Waals surface area contributed by atoms with Gasteiger partial charge in [0, 0.05) is 19.2 Å². The van der Waals surface area contributed by atoms with Crippen molar-refractivity contribution < 1.29 is 9.53 Å². The van der Waals surface area contributed by atoms with Gasteiger partial charge in [0.15, 0.2) is 0 Å². The molecule has 114 valence electrons. The lowest BCUT2D eigenvalue weighted by Gasteiger charge is -2.12. The number of benzene rings is 1. The Morgan fingerprint density at radius 2 is 1.82 bits per heavy atom. The fraction of sp³-hybridized carbons (Fsp3) is 0.294. The molecule has 5 nitrogen and oxygen atoms in total. The lowest BCUT2D eigenvalue weighted by molar-refractivity contribution is -0.143. The average molecular weight is 298 g/mol. The molecule has 2 heterocycles. The highest BCUT2D eigenvalue weighted by Gasteiger charge is 2.10. The van der Waals surface area contributed by atoms with Gasteiger partial charge in [-0.15, -0.1) is 0 Å². The van der Waals surface area contributed by atoms with E-state index in [4.69, 9.17) is 4.74 Å². The number of aryl methyl sites for hydroxylation is 1. The monoisotopic (exact) mass is 298 g/mol. The molecule has 0 fully saturated rings. The van der Waals surface area contributed by atoms with E-state index in [2.05, 4.69) is 0 Å². The number of rotatable bonds is 5. The molecule has 0 aliphatic rings. The highest BCUT2D eigenvalue weighted by atomic mass is 16.5. The van der Waals surface area contributed by atoms with Crippen LogP contribution in [0, 0.1) is 0 Å². The van der Waals surface area contributed by atoms with E-state index < -0.39 is 0 Å². The molecule has 2 aromatic heterocycles. The van der Waals surface area contributed by atoms with Gasteiger partial charge in [-0.1, -0.05) is 12.1 Å². The zero-order valence-corrected chi connectivity index (χ0v) is 12.5. The zero-order chi connectivity index (χ0) is 15.5. The first-order chi connectivity index (χ1) is 10.7. The van der Waals surface area contributed by atoms with E-state index >= 15 is 0 Å². The SMILES string of the molecule is CCOC(=O)CCCn1c(=O)c2cccn2c2ccccc21. The zero-order valence-electron chi connectivity index (χ0n) is 12.5. The van der Waals surface area contributed by atoms with Gasteiger partial charge in [0.2, 0.25) is 0 Å². The first-order valence-corrected chi connectivity index (χ1v) is 7.46. The Balaban J connectivity index is 1.98. The summed E-state index contributed by atoms with van der Waals surface area (Å²) in [6, 6.07) is 11.5. The van der Waals surface area contributed by atoms with Crippen molar-refractivity contribution in [3.8, 4) is 0 Å². The van der Waals surface area contributed by atoms with Crippen molar-refractivity contribution in [2.45, 2.75) is 26.3 Å². The van der Waals surface area contributed by atoms with Crippen LogP contribution < -0.4 is 5.56 Å². The summed E-state index contributed by atoms with van der Waals surface area (Å²) >= 11 is 0. The predicted molar refractivity (Wildman–Crippen MR) is 85.0 cm³/mol. The van der Waals surface area contributed by atoms with Crippen LogP contribution in [0.4, 0.5) is 0 Å². The molecule has 5 heteroatoms. The minimum atomic E-state index is -0.219. The summed E-state index contributed by atoms with van der Waals surface area (Å²) in [4.78, 5) is 24.1. The molecule has 0 N–H and O–H groups in total. The highest BCUT2D eigenvalue weighted by molar-refractivity contribution is 5.79. The number of carbonyl (C=O) groups excluding carboxylic acids is 1. The van der Waals surface area contributed by atoms with Gasteiger partial charge >= 0.3 is 5.97 Å². The minimum Gasteiger partial charge on any atom is -0.466 e. The van der Waals surface area contributed by atoms with Gasteiger partial charge in [0.25, 0.3) is 5.56 Å². The number of aromatic nitrogens is 2. The van der Waals surface area contributed by atoms with Crippen molar-refractivity contribution in [1.82, 2.24) is 8.97 Å². The third-order valence-corrected chi connectivity index (χ3v) is 3.71. The molecule has 0 aliphatic heterocycles. The molecule has 22 heavy (non-hydrogen) atoms. The van der Waals surface area contributed by atoms with Gasteiger partial charge in [0.05, 0.1) is 17.6 Å². The quantitative estimate of drug-likeness (QED) is 0.680. The smallest absolute Gasteiger partial charge is 0.305 e. The van der Waals surface area contributed by atoms with Crippen LogP contribution in [0.15, 0.2) is 47.4 Å². The molecule has 3 aromatic rings. The molecule has 0 unspecified atom stereocenters.